The maximum Gasteiger partial charge on any atom is 0.210 e. The SMILES string of the molecule is CC1(C)CCCCN1C=O. The zero-order valence-corrected chi connectivity index (χ0v) is 6.76. The van der Waals surface area contributed by atoms with E-state index in [1.165, 1.54) is 12.8 Å². The zero-order valence-electron chi connectivity index (χ0n) is 6.76. The van der Waals surface area contributed by atoms with E-state index in [9.17, 15) is 4.79 Å². The maximum absolute atomic E-state index is 10.5. The van der Waals surface area contributed by atoms with Gasteiger partial charge in [0.05, 0.1) is 0 Å². The summed E-state index contributed by atoms with van der Waals surface area (Å²) in [7, 11) is 0. The predicted molar refractivity (Wildman–Crippen MR) is 40.7 cm³/mol. The van der Waals surface area contributed by atoms with Gasteiger partial charge in [0.25, 0.3) is 0 Å². The number of likely N-dealkylation sites (tertiary alicyclic amines) is 1. The van der Waals surface area contributed by atoms with Crippen molar-refractivity contribution in [3.63, 3.8) is 0 Å². The van der Waals surface area contributed by atoms with Gasteiger partial charge in [-0.2, -0.15) is 0 Å². The molecule has 1 aliphatic rings. The van der Waals surface area contributed by atoms with Gasteiger partial charge in [-0.3, -0.25) is 4.79 Å². The molecule has 0 aromatic carbocycles. The number of amides is 1. The van der Waals surface area contributed by atoms with Gasteiger partial charge < -0.3 is 4.90 Å². The largest absolute Gasteiger partial charge is 0.340 e. The van der Waals surface area contributed by atoms with Gasteiger partial charge in [0.15, 0.2) is 0 Å². The van der Waals surface area contributed by atoms with Gasteiger partial charge in [0.2, 0.25) is 6.41 Å². The Morgan fingerprint density at radius 2 is 2.10 bits per heavy atom. The van der Waals surface area contributed by atoms with E-state index >= 15 is 0 Å². The molecule has 0 aromatic rings. The van der Waals surface area contributed by atoms with E-state index in [2.05, 4.69) is 13.8 Å². The Morgan fingerprint density at radius 3 is 2.50 bits per heavy atom. The molecular weight excluding hydrogens is 126 g/mol. The second kappa shape index (κ2) is 2.60. The first-order chi connectivity index (χ1) is 4.67. The highest BCUT2D eigenvalue weighted by Gasteiger charge is 2.27. The molecule has 58 valence electrons. The van der Waals surface area contributed by atoms with Gasteiger partial charge >= 0.3 is 0 Å². The van der Waals surface area contributed by atoms with Gasteiger partial charge in [0, 0.05) is 12.1 Å². The first-order valence-corrected chi connectivity index (χ1v) is 3.89. The Morgan fingerprint density at radius 1 is 1.40 bits per heavy atom. The molecule has 0 atom stereocenters. The van der Waals surface area contributed by atoms with Gasteiger partial charge in [0.1, 0.15) is 0 Å². The van der Waals surface area contributed by atoms with Gasteiger partial charge in [-0.15, -0.1) is 0 Å². The maximum atomic E-state index is 10.5. The lowest BCUT2D eigenvalue weighted by molar-refractivity contribution is -0.124. The first kappa shape index (κ1) is 7.58. The lowest BCUT2D eigenvalue weighted by Crippen LogP contribution is -2.46. The summed E-state index contributed by atoms with van der Waals surface area (Å²) >= 11 is 0. The van der Waals surface area contributed by atoms with Gasteiger partial charge in [-0.1, -0.05) is 0 Å². The standard InChI is InChI=1S/C8H15NO/c1-8(2)5-3-4-6-9(8)7-10/h7H,3-6H2,1-2H3. The van der Waals surface area contributed by atoms with Crippen molar-refractivity contribution in [2.45, 2.75) is 38.6 Å². The number of hydrogen-bond acceptors (Lipinski definition) is 1. The van der Waals surface area contributed by atoms with E-state index in [0.717, 1.165) is 19.4 Å². The number of rotatable bonds is 1. The van der Waals surface area contributed by atoms with Crippen molar-refractivity contribution in [2.75, 3.05) is 6.54 Å². The van der Waals surface area contributed by atoms with Crippen LogP contribution < -0.4 is 0 Å². The van der Waals surface area contributed by atoms with E-state index in [1.807, 2.05) is 4.90 Å². The van der Waals surface area contributed by atoms with Crippen LogP contribution in [0.5, 0.6) is 0 Å². The Balaban J connectivity index is 2.59. The molecule has 1 saturated heterocycles. The highest BCUT2D eigenvalue weighted by molar-refractivity contribution is 5.48. The molecule has 0 aliphatic carbocycles. The third-order valence-electron chi connectivity index (χ3n) is 2.34. The molecule has 0 spiro atoms. The molecule has 1 amide bonds. The van der Waals surface area contributed by atoms with Crippen LogP contribution in [0.1, 0.15) is 33.1 Å². The summed E-state index contributed by atoms with van der Waals surface area (Å²) in [5.74, 6) is 0. The molecule has 1 fully saturated rings. The monoisotopic (exact) mass is 141 g/mol. The average molecular weight is 141 g/mol. The quantitative estimate of drug-likeness (QED) is 0.505. The minimum Gasteiger partial charge on any atom is -0.340 e. The van der Waals surface area contributed by atoms with Crippen LogP contribution in [0.25, 0.3) is 0 Å². The van der Waals surface area contributed by atoms with Crippen LogP contribution in [0.2, 0.25) is 0 Å². The van der Waals surface area contributed by atoms with Crippen molar-refractivity contribution in [3.8, 4) is 0 Å². The molecule has 0 saturated carbocycles. The Bertz CT molecular complexity index is 131. The highest BCUT2D eigenvalue weighted by Crippen LogP contribution is 2.25. The number of hydrogen-bond donors (Lipinski definition) is 0. The molecule has 1 rings (SSSR count). The van der Waals surface area contributed by atoms with Crippen LogP contribution in [-0.4, -0.2) is 23.4 Å². The number of nitrogens with zero attached hydrogens (tertiary/aromatic N) is 1. The van der Waals surface area contributed by atoms with E-state index in [4.69, 9.17) is 0 Å². The van der Waals surface area contributed by atoms with E-state index in [1.54, 1.807) is 0 Å². The average Bonchev–Trinajstić information content (AvgIpc) is 1.87. The summed E-state index contributed by atoms with van der Waals surface area (Å²) in [6.07, 6.45) is 4.55. The summed E-state index contributed by atoms with van der Waals surface area (Å²) in [5.41, 5.74) is 0.111. The highest BCUT2D eigenvalue weighted by atomic mass is 16.1. The van der Waals surface area contributed by atoms with Crippen molar-refractivity contribution in [1.29, 1.82) is 0 Å². The van der Waals surface area contributed by atoms with E-state index in [-0.39, 0.29) is 5.54 Å². The molecular formula is C8H15NO. The molecule has 2 heteroatoms. The summed E-state index contributed by atoms with van der Waals surface area (Å²) in [5, 5.41) is 0. The minimum atomic E-state index is 0.111. The van der Waals surface area contributed by atoms with Crippen LogP contribution in [0, 0.1) is 0 Å². The van der Waals surface area contributed by atoms with Crippen molar-refractivity contribution in [3.05, 3.63) is 0 Å². The zero-order chi connectivity index (χ0) is 7.61. The Labute approximate surface area is 62.2 Å². The molecule has 1 aliphatic heterocycles. The molecule has 10 heavy (non-hydrogen) atoms. The summed E-state index contributed by atoms with van der Waals surface area (Å²) in [4.78, 5) is 12.4. The summed E-state index contributed by atoms with van der Waals surface area (Å²) in [6.45, 7) is 5.19. The van der Waals surface area contributed by atoms with Crippen LogP contribution >= 0.6 is 0 Å². The third kappa shape index (κ3) is 1.31. The molecule has 0 radical (unpaired) electrons. The van der Waals surface area contributed by atoms with Crippen molar-refractivity contribution in [1.82, 2.24) is 4.90 Å². The van der Waals surface area contributed by atoms with Crippen molar-refractivity contribution >= 4 is 6.41 Å². The molecule has 1 heterocycles. The second-order valence-electron chi connectivity index (χ2n) is 3.57. The molecule has 0 unspecified atom stereocenters. The summed E-state index contributed by atoms with van der Waals surface area (Å²) < 4.78 is 0. The third-order valence-corrected chi connectivity index (χ3v) is 2.34. The first-order valence-electron chi connectivity index (χ1n) is 3.89. The fourth-order valence-corrected chi connectivity index (χ4v) is 1.48. The number of piperidine rings is 1. The summed E-state index contributed by atoms with van der Waals surface area (Å²) in [6, 6.07) is 0. The van der Waals surface area contributed by atoms with Crippen LogP contribution in [0.15, 0.2) is 0 Å². The molecule has 0 bridgehead atoms. The fourth-order valence-electron chi connectivity index (χ4n) is 1.48. The predicted octanol–water partition coefficient (Wildman–Crippen LogP) is 1.41. The molecule has 0 N–H and O–H groups in total. The van der Waals surface area contributed by atoms with Gasteiger partial charge in [-0.05, 0) is 33.1 Å². The fraction of sp³-hybridized carbons (Fsp3) is 0.875. The number of carbonyl (C=O) groups is 1. The van der Waals surface area contributed by atoms with Crippen molar-refractivity contribution in [2.24, 2.45) is 0 Å². The molecule has 2 nitrogen and oxygen atoms in total. The smallest absolute Gasteiger partial charge is 0.210 e. The lowest BCUT2D eigenvalue weighted by Gasteiger charge is -2.39. The second-order valence-corrected chi connectivity index (χ2v) is 3.57. The van der Waals surface area contributed by atoms with Gasteiger partial charge in [-0.25, -0.2) is 0 Å². The number of carbonyl (C=O) groups excluding carboxylic acids is 1. The van der Waals surface area contributed by atoms with Crippen LogP contribution in [0.4, 0.5) is 0 Å². The minimum absolute atomic E-state index is 0.111. The van der Waals surface area contributed by atoms with E-state index < -0.39 is 0 Å². The lowest BCUT2D eigenvalue weighted by atomic mass is 9.91. The van der Waals surface area contributed by atoms with Crippen molar-refractivity contribution < 1.29 is 4.79 Å². The topological polar surface area (TPSA) is 20.3 Å². The van der Waals surface area contributed by atoms with E-state index in [0.29, 0.717) is 0 Å². The Hall–Kier alpha value is -0.530. The Kier molecular flexibility index (Phi) is 1.97. The molecule has 0 aromatic heterocycles. The van der Waals surface area contributed by atoms with Crippen LogP contribution in [-0.2, 0) is 4.79 Å². The normalized spacial score (nSPS) is 24.4. The van der Waals surface area contributed by atoms with Crippen LogP contribution in [0.3, 0.4) is 0 Å².